The fraction of sp³-hybridized carbons (Fsp3) is 0.700. The predicted octanol–water partition coefficient (Wildman–Crippen LogP) is -0.935. The number of aromatic amines is 1. The molecule has 2 heterocycles. The number of hydrogen-bond donors (Lipinski definition) is 2. The van der Waals surface area contributed by atoms with Gasteiger partial charge in [-0.25, -0.2) is 13.4 Å². The zero-order valence-corrected chi connectivity index (χ0v) is 11.1. The lowest BCUT2D eigenvalue weighted by Crippen LogP contribution is -2.48. The minimum absolute atomic E-state index is 0.165. The number of rotatable bonds is 5. The van der Waals surface area contributed by atoms with Gasteiger partial charge in [-0.15, -0.1) is 0 Å². The molecule has 1 aliphatic heterocycles. The van der Waals surface area contributed by atoms with Crippen LogP contribution in [0, 0.1) is 0 Å². The quantitative estimate of drug-likeness (QED) is 0.722. The molecule has 102 valence electrons. The fourth-order valence-electron chi connectivity index (χ4n) is 2.03. The van der Waals surface area contributed by atoms with Crippen molar-refractivity contribution in [3.63, 3.8) is 0 Å². The van der Waals surface area contributed by atoms with Crippen LogP contribution in [0.4, 0.5) is 0 Å². The van der Waals surface area contributed by atoms with E-state index in [9.17, 15) is 8.42 Å². The van der Waals surface area contributed by atoms with E-state index >= 15 is 0 Å². The second-order valence-corrected chi connectivity index (χ2v) is 6.21. The van der Waals surface area contributed by atoms with E-state index in [1.165, 1.54) is 16.8 Å². The van der Waals surface area contributed by atoms with Gasteiger partial charge < -0.3 is 15.6 Å². The van der Waals surface area contributed by atoms with Gasteiger partial charge in [-0.3, -0.25) is 0 Å². The van der Waals surface area contributed by atoms with Gasteiger partial charge in [0, 0.05) is 26.2 Å². The zero-order chi connectivity index (χ0) is 13.0. The van der Waals surface area contributed by atoms with E-state index in [0.717, 1.165) is 26.1 Å². The molecule has 3 N–H and O–H groups in total. The number of piperazine rings is 1. The molecule has 0 bridgehead atoms. The summed E-state index contributed by atoms with van der Waals surface area (Å²) < 4.78 is 25.9. The molecular weight excluding hydrogens is 254 g/mol. The lowest BCUT2D eigenvalue weighted by atomic mass is 10.3. The van der Waals surface area contributed by atoms with Crippen LogP contribution in [0.3, 0.4) is 0 Å². The van der Waals surface area contributed by atoms with Crippen molar-refractivity contribution in [3.05, 3.63) is 12.5 Å². The average Bonchev–Trinajstić information content (AvgIpc) is 2.91. The summed E-state index contributed by atoms with van der Waals surface area (Å²) in [5.41, 5.74) is 5.46. The molecule has 0 aromatic carbocycles. The molecule has 0 saturated carbocycles. The number of hydrogen-bond acceptors (Lipinski definition) is 5. The summed E-state index contributed by atoms with van der Waals surface area (Å²) in [5, 5.41) is 0.165. The molecule has 1 aromatic heterocycles. The van der Waals surface area contributed by atoms with Crippen LogP contribution in [-0.4, -0.2) is 66.9 Å². The smallest absolute Gasteiger partial charge is 0.260 e. The second kappa shape index (κ2) is 5.79. The van der Waals surface area contributed by atoms with E-state index in [1.54, 1.807) is 0 Å². The lowest BCUT2D eigenvalue weighted by molar-refractivity contribution is 0.187. The van der Waals surface area contributed by atoms with Gasteiger partial charge in [0.2, 0.25) is 0 Å². The average molecular weight is 273 g/mol. The first-order valence-corrected chi connectivity index (χ1v) is 7.49. The van der Waals surface area contributed by atoms with E-state index in [2.05, 4.69) is 14.9 Å². The number of nitrogens with one attached hydrogen (secondary N) is 1. The van der Waals surface area contributed by atoms with Gasteiger partial charge in [-0.1, -0.05) is 0 Å². The van der Waals surface area contributed by atoms with E-state index in [-0.39, 0.29) is 5.03 Å². The topological polar surface area (TPSA) is 95.3 Å². The SMILES string of the molecule is NCCCN1CCN(S(=O)(=O)c2cnc[nH]2)CC1. The first kappa shape index (κ1) is 13.5. The van der Waals surface area contributed by atoms with Crippen LogP contribution in [0.1, 0.15) is 6.42 Å². The number of imidazole rings is 1. The molecule has 0 aliphatic carbocycles. The van der Waals surface area contributed by atoms with Crippen molar-refractivity contribution in [2.24, 2.45) is 5.73 Å². The molecule has 2 rings (SSSR count). The predicted molar refractivity (Wildman–Crippen MR) is 67.5 cm³/mol. The van der Waals surface area contributed by atoms with Crippen molar-refractivity contribution in [2.75, 3.05) is 39.3 Å². The minimum Gasteiger partial charge on any atom is -0.335 e. The molecule has 0 atom stereocenters. The zero-order valence-electron chi connectivity index (χ0n) is 10.2. The molecule has 18 heavy (non-hydrogen) atoms. The van der Waals surface area contributed by atoms with Crippen molar-refractivity contribution in [2.45, 2.75) is 11.4 Å². The summed E-state index contributed by atoms with van der Waals surface area (Å²) in [4.78, 5) is 8.64. The third kappa shape index (κ3) is 2.89. The number of nitrogens with zero attached hydrogens (tertiary/aromatic N) is 3. The van der Waals surface area contributed by atoms with Gasteiger partial charge in [0.25, 0.3) is 10.0 Å². The molecule has 1 aromatic rings. The Hall–Kier alpha value is -0.960. The van der Waals surface area contributed by atoms with Gasteiger partial charge in [0.15, 0.2) is 5.03 Å². The number of sulfonamides is 1. The largest absolute Gasteiger partial charge is 0.335 e. The summed E-state index contributed by atoms with van der Waals surface area (Å²) in [5.74, 6) is 0. The van der Waals surface area contributed by atoms with E-state index in [0.29, 0.717) is 19.6 Å². The number of aromatic nitrogens is 2. The Morgan fingerprint density at radius 3 is 2.61 bits per heavy atom. The Labute approximate surface area is 107 Å². The maximum absolute atomic E-state index is 12.2. The molecule has 8 heteroatoms. The summed E-state index contributed by atoms with van der Waals surface area (Å²) in [7, 11) is -3.40. The van der Waals surface area contributed by atoms with Crippen LogP contribution in [0.15, 0.2) is 17.6 Å². The maximum Gasteiger partial charge on any atom is 0.260 e. The Morgan fingerprint density at radius 2 is 2.06 bits per heavy atom. The van der Waals surface area contributed by atoms with Crippen LogP contribution in [0.25, 0.3) is 0 Å². The summed E-state index contributed by atoms with van der Waals surface area (Å²) >= 11 is 0. The van der Waals surface area contributed by atoms with Gasteiger partial charge in [0.05, 0.1) is 12.5 Å². The van der Waals surface area contributed by atoms with Crippen LogP contribution < -0.4 is 5.73 Å². The molecule has 1 fully saturated rings. The van der Waals surface area contributed by atoms with Gasteiger partial charge >= 0.3 is 0 Å². The highest BCUT2D eigenvalue weighted by Gasteiger charge is 2.29. The van der Waals surface area contributed by atoms with Crippen molar-refractivity contribution < 1.29 is 8.42 Å². The third-order valence-corrected chi connectivity index (χ3v) is 4.92. The Bertz CT molecular complexity index is 451. The molecule has 7 nitrogen and oxygen atoms in total. The van der Waals surface area contributed by atoms with Gasteiger partial charge in [0.1, 0.15) is 0 Å². The number of H-pyrrole nitrogens is 1. The van der Waals surface area contributed by atoms with E-state index in [4.69, 9.17) is 5.73 Å². The Morgan fingerprint density at radius 1 is 1.33 bits per heavy atom. The van der Waals surface area contributed by atoms with Crippen molar-refractivity contribution in [1.29, 1.82) is 0 Å². The summed E-state index contributed by atoms with van der Waals surface area (Å²) in [6.45, 7) is 4.17. The van der Waals surface area contributed by atoms with Crippen LogP contribution in [-0.2, 0) is 10.0 Å². The Kier molecular flexibility index (Phi) is 4.33. The van der Waals surface area contributed by atoms with E-state index < -0.39 is 10.0 Å². The first-order valence-electron chi connectivity index (χ1n) is 6.05. The highest BCUT2D eigenvalue weighted by Crippen LogP contribution is 2.14. The molecule has 0 radical (unpaired) electrons. The van der Waals surface area contributed by atoms with Crippen molar-refractivity contribution >= 4 is 10.0 Å². The van der Waals surface area contributed by atoms with Crippen LogP contribution in [0.5, 0.6) is 0 Å². The highest BCUT2D eigenvalue weighted by molar-refractivity contribution is 7.89. The third-order valence-electron chi connectivity index (χ3n) is 3.10. The fourth-order valence-corrected chi connectivity index (χ4v) is 3.35. The monoisotopic (exact) mass is 273 g/mol. The van der Waals surface area contributed by atoms with Crippen molar-refractivity contribution in [1.82, 2.24) is 19.2 Å². The minimum atomic E-state index is -3.40. The molecule has 0 unspecified atom stereocenters. The highest BCUT2D eigenvalue weighted by atomic mass is 32.2. The van der Waals surface area contributed by atoms with Crippen LogP contribution in [0.2, 0.25) is 0 Å². The first-order chi connectivity index (χ1) is 8.64. The molecule has 0 spiro atoms. The summed E-state index contributed by atoms with van der Waals surface area (Å²) in [6.07, 6.45) is 3.67. The molecule has 1 aliphatic rings. The standard InChI is InChI=1S/C10H19N5O2S/c11-2-1-3-14-4-6-15(7-5-14)18(16,17)10-8-12-9-13-10/h8-9H,1-7,11H2,(H,12,13). The van der Waals surface area contributed by atoms with E-state index in [1.807, 2.05) is 0 Å². The number of nitrogens with two attached hydrogens (primary N) is 1. The Balaban J connectivity index is 1.94. The molecule has 0 amide bonds. The van der Waals surface area contributed by atoms with Crippen LogP contribution >= 0.6 is 0 Å². The van der Waals surface area contributed by atoms with Gasteiger partial charge in [-0.2, -0.15) is 4.31 Å². The normalized spacial score (nSPS) is 19.2. The molecule has 1 saturated heterocycles. The maximum atomic E-state index is 12.2. The summed E-state index contributed by atoms with van der Waals surface area (Å²) in [6, 6.07) is 0. The second-order valence-electron chi connectivity index (χ2n) is 4.30. The lowest BCUT2D eigenvalue weighted by Gasteiger charge is -2.33. The van der Waals surface area contributed by atoms with Crippen molar-refractivity contribution in [3.8, 4) is 0 Å². The van der Waals surface area contributed by atoms with Gasteiger partial charge in [-0.05, 0) is 19.5 Å². The molecular formula is C10H19N5O2S.